The summed E-state index contributed by atoms with van der Waals surface area (Å²) in [6.07, 6.45) is 2.29. The number of aliphatic imine (C=N–C) groups is 1. The highest BCUT2D eigenvalue weighted by atomic mass is 16.5. The van der Waals surface area contributed by atoms with Gasteiger partial charge in [0.1, 0.15) is 17.6 Å². The molecule has 0 saturated carbocycles. The van der Waals surface area contributed by atoms with Crippen LogP contribution in [0.3, 0.4) is 0 Å². The summed E-state index contributed by atoms with van der Waals surface area (Å²) >= 11 is 0. The van der Waals surface area contributed by atoms with Crippen molar-refractivity contribution < 1.29 is 14.2 Å². The van der Waals surface area contributed by atoms with Crippen molar-refractivity contribution in [3.8, 4) is 11.5 Å². The number of fused-ring (bicyclic) bond motifs is 1. The van der Waals surface area contributed by atoms with Gasteiger partial charge in [-0.05, 0) is 32.4 Å². The minimum atomic E-state index is 0.232. The van der Waals surface area contributed by atoms with Crippen LogP contribution in [0.2, 0.25) is 0 Å². The number of guanidine groups is 1. The average Bonchev–Trinajstić information content (AvgIpc) is 3.24. The van der Waals surface area contributed by atoms with Crippen molar-refractivity contribution in [2.75, 3.05) is 40.5 Å². The first-order valence-corrected chi connectivity index (χ1v) is 9.55. The Hall–Kier alpha value is -1.95. The van der Waals surface area contributed by atoms with Gasteiger partial charge in [0.05, 0.1) is 13.2 Å². The molecule has 6 heteroatoms. The van der Waals surface area contributed by atoms with Crippen LogP contribution in [0.25, 0.3) is 0 Å². The van der Waals surface area contributed by atoms with Crippen molar-refractivity contribution in [2.45, 2.75) is 39.3 Å². The van der Waals surface area contributed by atoms with E-state index in [4.69, 9.17) is 14.2 Å². The standard InChI is InChI=1S/C20H31N3O3/c1-5-25-18-9-16-8-14(2)26-19(16)10-17(18)11-22-20(21-3)23(4)12-15-6-7-24-13-15/h9-10,14-15H,5-8,11-13H2,1-4H3,(H,21,22). The predicted octanol–water partition coefficient (Wildman–Crippen LogP) is 2.45. The summed E-state index contributed by atoms with van der Waals surface area (Å²) in [5, 5.41) is 3.46. The minimum Gasteiger partial charge on any atom is -0.494 e. The number of nitrogens with one attached hydrogen (secondary N) is 1. The van der Waals surface area contributed by atoms with Crippen LogP contribution in [-0.4, -0.2) is 57.4 Å². The molecule has 1 N–H and O–H groups in total. The van der Waals surface area contributed by atoms with E-state index >= 15 is 0 Å². The number of ether oxygens (including phenoxy) is 3. The Morgan fingerprint density at radius 2 is 2.27 bits per heavy atom. The van der Waals surface area contributed by atoms with Gasteiger partial charge >= 0.3 is 0 Å². The first-order valence-electron chi connectivity index (χ1n) is 9.55. The maximum atomic E-state index is 5.91. The predicted molar refractivity (Wildman–Crippen MR) is 103 cm³/mol. The fourth-order valence-electron chi connectivity index (χ4n) is 3.67. The third-order valence-electron chi connectivity index (χ3n) is 4.95. The van der Waals surface area contributed by atoms with Gasteiger partial charge in [-0.15, -0.1) is 0 Å². The topological polar surface area (TPSA) is 55.3 Å². The Kier molecular flexibility index (Phi) is 6.25. The third kappa shape index (κ3) is 4.41. The van der Waals surface area contributed by atoms with Crippen molar-refractivity contribution in [3.63, 3.8) is 0 Å². The van der Waals surface area contributed by atoms with Crippen molar-refractivity contribution in [1.29, 1.82) is 0 Å². The van der Waals surface area contributed by atoms with Gasteiger partial charge in [0.25, 0.3) is 0 Å². The average molecular weight is 361 g/mol. The van der Waals surface area contributed by atoms with Crippen LogP contribution in [0.5, 0.6) is 11.5 Å². The molecule has 1 aromatic carbocycles. The minimum absolute atomic E-state index is 0.232. The lowest BCUT2D eigenvalue weighted by molar-refractivity contribution is 0.181. The number of nitrogens with zero attached hydrogens (tertiary/aromatic N) is 2. The molecule has 3 rings (SSSR count). The zero-order valence-electron chi connectivity index (χ0n) is 16.4. The van der Waals surface area contributed by atoms with Gasteiger partial charge < -0.3 is 24.4 Å². The van der Waals surface area contributed by atoms with E-state index in [0.29, 0.717) is 19.1 Å². The molecule has 0 aliphatic carbocycles. The van der Waals surface area contributed by atoms with E-state index in [1.165, 1.54) is 5.56 Å². The molecule has 2 atom stereocenters. The zero-order valence-corrected chi connectivity index (χ0v) is 16.4. The largest absolute Gasteiger partial charge is 0.494 e. The third-order valence-corrected chi connectivity index (χ3v) is 4.95. The number of hydrogen-bond donors (Lipinski definition) is 1. The Morgan fingerprint density at radius 1 is 1.42 bits per heavy atom. The van der Waals surface area contributed by atoms with E-state index in [-0.39, 0.29) is 6.10 Å². The molecule has 1 saturated heterocycles. The molecule has 2 aliphatic rings. The Bertz CT molecular complexity index is 641. The van der Waals surface area contributed by atoms with E-state index in [9.17, 15) is 0 Å². The Balaban J connectivity index is 1.66. The van der Waals surface area contributed by atoms with Crippen LogP contribution in [0.15, 0.2) is 17.1 Å². The van der Waals surface area contributed by atoms with Crippen molar-refractivity contribution in [1.82, 2.24) is 10.2 Å². The lowest BCUT2D eigenvalue weighted by Crippen LogP contribution is -2.41. The molecule has 2 aliphatic heterocycles. The lowest BCUT2D eigenvalue weighted by Gasteiger charge is -2.25. The van der Waals surface area contributed by atoms with Gasteiger partial charge in [-0.2, -0.15) is 0 Å². The van der Waals surface area contributed by atoms with Crippen molar-refractivity contribution in [3.05, 3.63) is 23.3 Å². The Labute approximate surface area is 156 Å². The fraction of sp³-hybridized carbons (Fsp3) is 0.650. The maximum absolute atomic E-state index is 5.91. The summed E-state index contributed by atoms with van der Waals surface area (Å²) in [7, 11) is 3.89. The van der Waals surface area contributed by atoms with Crippen LogP contribution < -0.4 is 14.8 Å². The zero-order chi connectivity index (χ0) is 18.5. The highest BCUT2D eigenvalue weighted by molar-refractivity contribution is 5.79. The summed E-state index contributed by atoms with van der Waals surface area (Å²) in [5.74, 6) is 3.37. The molecule has 26 heavy (non-hydrogen) atoms. The Morgan fingerprint density at radius 3 is 2.96 bits per heavy atom. The van der Waals surface area contributed by atoms with Gasteiger partial charge in [0, 0.05) is 57.3 Å². The molecule has 2 heterocycles. The SMILES string of the molecule is CCOc1cc2c(cc1CNC(=NC)N(C)CC1CCOC1)OC(C)C2. The second-order valence-electron chi connectivity index (χ2n) is 7.14. The van der Waals surface area contributed by atoms with Gasteiger partial charge in [-0.25, -0.2) is 0 Å². The summed E-state index contributed by atoms with van der Waals surface area (Å²) in [6, 6.07) is 4.23. The maximum Gasteiger partial charge on any atom is 0.193 e. The van der Waals surface area contributed by atoms with Crippen molar-refractivity contribution >= 4 is 5.96 Å². The van der Waals surface area contributed by atoms with Crippen LogP contribution in [-0.2, 0) is 17.7 Å². The van der Waals surface area contributed by atoms with E-state index in [1.807, 2.05) is 14.0 Å². The molecule has 0 bridgehead atoms. The molecule has 0 amide bonds. The number of rotatable bonds is 6. The molecule has 1 fully saturated rings. The summed E-state index contributed by atoms with van der Waals surface area (Å²) in [5.41, 5.74) is 2.32. The molecular weight excluding hydrogens is 330 g/mol. The quantitative estimate of drug-likeness (QED) is 0.623. The van der Waals surface area contributed by atoms with Gasteiger partial charge in [0.15, 0.2) is 5.96 Å². The summed E-state index contributed by atoms with van der Waals surface area (Å²) in [6.45, 7) is 8.08. The molecule has 1 aromatic rings. The van der Waals surface area contributed by atoms with Crippen LogP contribution >= 0.6 is 0 Å². The fourth-order valence-corrected chi connectivity index (χ4v) is 3.67. The lowest BCUT2D eigenvalue weighted by atomic mass is 10.1. The van der Waals surface area contributed by atoms with E-state index in [0.717, 1.165) is 55.6 Å². The van der Waals surface area contributed by atoms with Crippen LogP contribution in [0.4, 0.5) is 0 Å². The second kappa shape index (κ2) is 8.62. The molecular formula is C20H31N3O3. The summed E-state index contributed by atoms with van der Waals surface area (Å²) < 4.78 is 17.3. The number of hydrogen-bond acceptors (Lipinski definition) is 4. The number of benzene rings is 1. The molecule has 0 spiro atoms. The molecule has 6 nitrogen and oxygen atoms in total. The highest BCUT2D eigenvalue weighted by Crippen LogP contribution is 2.35. The summed E-state index contributed by atoms with van der Waals surface area (Å²) in [4.78, 5) is 6.60. The van der Waals surface area contributed by atoms with E-state index in [2.05, 4.69) is 41.3 Å². The van der Waals surface area contributed by atoms with Crippen LogP contribution in [0.1, 0.15) is 31.4 Å². The molecule has 0 aromatic heterocycles. The van der Waals surface area contributed by atoms with Crippen LogP contribution in [0, 0.1) is 5.92 Å². The first kappa shape index (κ1) is 18.8. The molecule has 2 unspecified atom stereocenters. The van der Waals surface area contributed by atoms with E-state index < -0.39 is 0 Å². The molecule has 0 radical (unpaired) electrons. The van der Waals surface area contributed by atoms with Gasteiger partial charge in [0.2, 0.25) is 0 Å². The van der Waals surface area contributed by atoms with Crippen molar-refractivity contribution in [2.24, 2.45) is 10.9 Å². The highest BCUT2D eigenvalue weighted by Gasteiger charge is 2.23. The smallest absolute Gasteiger partial charge is 0.193 e. The van der Waals surface area contributed by atoms with E-state index in [1.54, 1.807) is 0 Å². The monoisotopic (exact) mass is 361 g/mol. The van der Waals surface area contributed by atoms with Gasteiger partial charge in [-0.3, -0.25) is 4.99 Å². The normalized spacial score (nSPS) is 22.1. The molecule has 144 valence electrons. The van der Waals surface area contributed by atoms with Gasteiger partial charge in [-0.1, -0.05) is 0 Å². The second-order valence-corrected chi connectivity index (χ2v) is 7.14. The first-order chi connectivity index (χ1) is 12.6.